The zero-order chi connectivity index (χ0) is 19.3. The van der Waals surface area contributed by atoms with Crippen LogP contribution in [0.25, 0.3) is 11.4 Å². The Morgan fingerprint density at radius 3 is 2.23 bits per heavy atom. The molecule has 0 spiro atoms. The quantitative estimate of drug-likeness (QED) is 0.658. The molecule has 0 fully saturated rings. The summed E-state index contributed by atoms with van der Waals surface area (Å²) in [4.78, 5) is 18.6. The SMILES string of the molecule is CC(C)Cn1c(SCC(=O)N(C(C)C)C(C)C)nnc1-c1ccncc1. The largest absolute Gasteiger partial charge is 0.337 e. The Morgan fingerprint density at radius 1 is 1.08 bits per heavy atom. The van der Waals surface area contributed by atoms with E-state index in [0.29, 0.717) is 11.7 Å². The summed E-state index contributed by atoms with van der Waals surface area (Å²) in [5.74, 6) is 1.76. The normalized spacial score (nSPS) is 11.6. The number of rotatable bonds is 8. The molecule has 0 saturated heterocycles. The van der Waals surface area contributed by atoms with Gasteiger partial charge in [0.15, 0.2) is 11.0 Å². The Bertz CT molecular complexity index is 704. The lowest BCUT2D eigenvalue weighted by molar-refractivity contribution is -0.131. The molecule has 2 aromatic heterocycles. The highest BCUT2D eigenvalue weighted by atomic mass is 32.2. The molecule has 0 aromatic carbocycles. The summed E-state index contributed by atoms with van der Waals surface area (Å²) >= 11 is 1.46. The molecule has 2 rings (SSSR count). The van der Waals surface area contributed by atoms with Gasteiger partial charge in [-0.2, -0.15) is 0 Å². The van der Waals surface area contributed by atoms with Gasteiger partial charge in [-0.1, -0.05) is 25.6 Å². The van der Waals surface area contributed by atoms with E-state index in [1.54, 1.807) is 12.4 Å². The van der Waals surface area contributed by atoms with Crippen LogP contribution in [0.1, 0.15) is 41.5 Å². The number of nitrogens with zero attached hydrogens (tertiary/aromatic N) is 5. The number of aromatic nitrogens is 4. The van der Waals surface area contributed by atoms with E-state index in [9.17, 15) is 4.79 Å². The molecule has 0 atom stereocenters. The van der Waals surface area contributed by atoms with E-state index in [1.165, 1.54) is 11.8 Å². The molecule has 0 N–H and O–H groups in total. The summed E-state index contributed by atoms with van der Waals surface area (Å²) < 4.78 is 2.10. The molecule has 7 heteroatoms. The summed E-state index contributed by atoms with van der Waals surface area (Å²) in [6.45, 7) is 13.3. The van der Waals surface area contributed by atoms with Gasteiger partial charge in [0.1, 0.15) is 0 Å². The lowest BCUT2D eigenvalue weighted by atomic mass is 10.2. The molecule has 0 bridgehead atoms. The van der Waals surface area contributed by atoms with Crippen LogP contribution in [-0.2, 0) is 11.3 Å². The van der Waals surface area contributed by atoms with Gasteiger partial charge in [0, 0.05) is 36.6 Å². The predicted octanol–water partition coefficient (Wildman–Crippen LogP) is 3.73. The highest BCUT2D eigenvalue weighted by Crippen LogP contribution is 2.25. The number of carbonyl (C=O) groups excluding carboxylic acids is 1. The Balaban J connectivity index is 2.21. The fourth-order valence-corrected chi connectivity index (χ4v) is 3.83. The van der Waals surface area contributed by atoms with Gasteiger partial charge in [0.05, 0.1) is 5.75 Å². The van der Waals surface area contributed by atoms with Crippen molar-refractivity contribution in [1.82, 2.24) is 24.6 Å². The maximum absolute atomic E-state index is 12.6. The van der Waals surface area contributed by atoms with Crippen LogP contribution in [0.15, 0.2) is 29.7 Å². The molecule has 2 aromatic rings. The lowest BCUT2D eigenvalue weighted by Crippen LogP contribution is -2.43. The zero-order valence-corrected chi connectivity index (χ0v) is 17.3. The predicted molar refractivity (Wildman–Crippen MR) is 106 cm³/mol. The second-order valence-corrected chi connectivity index (χ2v) is 8.27. The van der Waals surface area contributed by atoms with Crippen LogP contribution in [0.4, 0.5) is 0 Å². The highest BCUT2D eigenvalue weighted by molar-refractivity contribution is 7.99. The van der Waals surface area contributed by atoms with E-state index < -0.39 is 0 Å². The molecule has 1 amide bonds. The van der Waals surface area contributed by atoms with Gasteiger partial charge in [0.25, 0.3) is 0 Å². The number of carbonyl (C=O) groups is 1. The van der Waals surface area contributed by atoms with Gasteiger partial charge >= 0.3 is 0 Å². The minimum Gasteiger partial charge on any atom is -0.337 e. The van der Waals surface area contributed by atoms with Crippen molar-refractivity contribution < 1.29 is 4.79 Å². The fourth-order valence-electron chi connectivity index (χ4n) is 3.01. The minimum atomic E-state index is 0.129. The molecule has 0 aliphatic rings. The minimum absolute atomic E-state index is 0.129. The third-order valence-electron chi connectivity index (χ3n) is 3.93. The molecule has 0 aliphatic heterocycles. The van der Waals surface area contributed by atoms with Crippen LogP contribution < -0.4 is 0 Å². The maximum atomic E-state index is 12.6. The molecule has 26 heavy (non-hydrogen) atoms. The van der Waals surface area contributed by atoms with Crippen molar-refractivity contribution in [2.45, 2.75) is 65.3 Å². The van der Waals surface area contributed by atoms with Crippen molar-refractivity contribution in [1.29, 1.82) is 0 Å². The highest BCUT2D eigenvalue weighted by Gasteiger charge is 2.22. The number of hydrogen-bond acceptors (Lipinski definition) is 5. The molecule has 142 valence electrons. The van der Waals surface area contributed by atoms with Crippen LogP contribution >= 0.6 is 11.8 Å². The average molecular weight is 376 g/mol. The van der Waals surface area contributed by atoms with Crippen molar-refractivity contribution in [3.05, 3.63) is 24.5 Å². The average Bonchev–Trinajstić information content (AvgIpc) is 2.95. The first-order valence-corrected chi connectivity index (χ1v) is 10.1. The first kappa shape index (κ1) is 20.4. The Hall–Kier alpha value is -1.89. The second kappa shape index (κ2) is 9.16. The first-order valence-electron chi connectivity index (χ1n) is 9.08. The molecule has 0 unspecified atom stereocenters. The van der Waals surface area contributed by atoms with Crippen molar-refractivity contribution in [3.63, 3.8) is 0 Å². The molecule has 0 aliphatic carbocycles. The molecule has 6 nitrogen and oxygen atoms in total. The Labute approximate surface area is 160 Å². The van der Waals surface area contributed by atoms with Gasteiger partial charge in [-0.05, 0) is 45.7 Å². The summed E-state index contributed by atoms with van der Waals surface area (Å²) in [7, 11) is 0. The monoisotopic (exact) mass is 375 g/mol. The Morgan fingerprint density at radius 2 is 1.69 bits per heavy atom. The van der Waals surface area contributed by atoms with Gasteiger partial charge in [-0.3, -0.25) is 9.78 Å². The smallest absolute Gasteiger partial charge is 0.233 e. The number of hydrogen-bond donors (Lipinski definition) is 0. The van der Waals surface area contributed by atoms with Crippen molar-refractivity contribution >= 4 is 17.7 Å². The van der Waals surface area contributed by atoms with Crippen LogP contribution in [0, 0.1) is 5.92 Å². The van der Waals surface area contributed by atoms with Crippen LogP contribution in [-0.4, -0.2) is 48.4 Å². The molecular weight excluding hydrogens is 346 g/mol. The molecular formula is C19H29N5OS. The molecule has 0 radical (unpaired) electrons. The van der Waals surface area contributed by atoms with Crippen LogP contribution in [0.5, 0.6) is 0 Å². The number of thioether (sulfide) groups is 1. The topological polar surface area (TPSA) is 63.9 Å². The van der Waals surface area contributed by atoms with Crippen molar-refractivity contribution in [2.75, 3.05) is 5.75 Å². The van der Waals surface area contributed by atoms with Gasteiger partial charge in [0.2, 0.25) is 5.91 Å². The summed E-state index contributed by atoms with van der Waals surface area (Å²) in [5.41, 5.74) is 0.984. The third kappa shape index (κ3) is 5.06. The number of pyridine rings is 1. The van der Waals surface area contributed by atoms with E-state index in [1.807, 2.05) is 44.7 Å². The van der Waals surface area contributed by atoms with E-state index in [4.69, 9.17) is 0 Å². The Kier molecular flexibility index (Phi) is 7.20. The number of amides is 1. The van der Waals surface area contributed by atoms with E-state index in [0.717, 1.165) is 23.1 Å². The summed E-state index contributed by atoms with van der Waals surface area (Å²) in [6, 6.07) is 4.23. The van der Waals surface area contributed by atoms with E-state index in [-0.39, 0.29) is 18.0 Å². The fraction of sp³-hybridized carbons (Fsp3) is 0.579. The van der Waals surface area contributed by atoms with Gasteiger partial charge < -0.3 is 9.47 Å². The van der Waals surface area contributed by atoms with Gasteiger partial charge in [-0.15, -0.1) is 10.2 Å². The zero-order valence-electron chi connectivity index (χ0n) is 16.5. The van der Waals surface area contributed by atoms with E-state index >= 15 is 0 Å². The maximum Gasteiger partial charge on any atom is 0.233 e. The van der Waals surface area contributed by atoms with Gasteiger partial charge in [-0.25, -0.2) is 0 Å². The first-order chi connectivity index (χ1) is 12.3. The lowest BCUT2D eigenvalue weighted by Gasteiger charge is -2.30. The standard InChI is InChI=1S/C19H29N5OS/c1-13(2)11-23-18(16-7-9-20-10-8-16)21-22-19(23)26-12-17(25)24(14(3)4)15(5)6/h7-10,13-15H,11-12H2,1-6H3. The van der Waals surface area contributed by atoms with Crippen molar-refractivity contribution in [3.8, 4) is 11.4 Å². The second-order valence-electron chi connectivity index (χ2n) is 7.32. The molecule has 2 heterocycles. The van der Waals surface area contributed by atoms with E-state index in [2.05, 4.69) is 33.6 Å². The summed E-state index contributed by atoms with van der Waals surface area (Å²) in [5, 5.41) is 9.51. The molecule has 0 saturated carbocycles. The third-order valence-corrected chi connectivity index (χ3v) is 4.88. The summed E-state index contributed by atoms with van der Waals surface area (Å²) in [6.07, 6.45) is 3.51. The van der Waals surface area contributed by atoms with Crippen molar-refractivity contribution in [2.24, 2.45) is 5.92 Å². The van der Waals surface area contributed by atoms with Crippen LogP contribution in [0.2, 0.25) is 0 Å². The van der Waals surface area contributed by atoms with Crippen LogP contribution in [0.3, 0.4) is 0 Å².